The Labute approximate surface area is 124 Å². The fourth-order valence-electron chi connectivity index (χ4n) is 2.24. The van der Waals surface area contributed by atoms with Crippen LogP contribution < -0.4 is 4.90 Å². The number of Topliss-reactive ketones (excluding diaryl/α,β-unsaturated/α-hetero) is 1. The Balaban J connectivity index is 2.22. The van der Waals surface area contributed by atoms with Crippen molar-refractivity contribution in [1.29, 1.82) is 0 Å². The summed E-state index contributed by atoms with van der Waals surface area (Å²) in [6.07, 6.45) is -2.31. The normalized spacial score (nSPS) is 14.8. The summed E-state index contributed by atoms with van der Waals surface area (Å²) in [5, 5.41) is 0. The summed E-state index contributed by atoms with van der Waals surface area (Å²) in [5.41, 5.74) is -0.845. The van der Waals surface area contributed by atoms with Crippen molar-refractivity contribution in [2.45, 2.75) is 25.4 Å². The van der Waals surface area contributed by atoms with E-state index in [1.54, 1.807) is 0 Å². The lowest BCUT2D eigenvalue weighted by molar-refractivity contribution is -0.137. The molecule has 1 aliphatic heterocycles. The van der Waals surface area contributed by atoms with Gasteiger partial charge >= 0.3 is 6.18 Å². The molecule has 0 radical (unpaired) electrons. The van der Waals surface area contributed by atoms with Crippen molar-refractivity contribution < 1.29 is 22.8 Å². The number of alkyl halides is 4. The molecule has 1 aliphatic rings. The molecule has 1 aromatic carbocycles. The fourth-order valence-corrected chi connectivity index (χ4v) is 2.43. The quantitative estimate of drug-likeness (QED) is 0.472. The van der Waals surface area contributed by atoms with E-state index in [2.05, 4.69) is 0 Å². The topological polar surface area (TPSA) is 37.4 Å². The summed E-state index contributed by atoms with van der Waals surface area (Å²) in [6.45, 7) is 0.305. The van der Waals surface area contributed by atoms with Crippen LogP contribution in [0.15, 0.2) is 18.2 Å². The Bertz CT molecular complexity index is 572. The lowest BCUT2D eigenvalue weighted by atomic mass is 10.1. The van der Waals surface area contributed by atoms with Gasteiger partial charge in [0.1, 0.15) is 0 Å². The molecule has 7 heteroatoms. The lowest BCUT2D eigenvalue weighted by Crippen LogP contribution is -2.30. The molecule has 0 aliphatic carbocycles. The second kappa shape index (κ2) is 6.05. The second-order valence-electron chi connectivity index (χ2n) is 4.77. The molecule has 1 amide bonds. The summed E-state index contributed by atoms with van der Waals surface area (Å²) in [4.78, 5) is 24.9. The van der Waals surface area contributed by atoms with Gasteiger partial charge in [0.2, 0.25) is 0 Å². The van der Waals surface area contributed by atoms with Gasteiger partial charge in [0.05, 0.1) is 16.8 Å². The minimum atomic E-state index is -4.54. The molecule has 0 aromatic heterocycles. The maximum atomic E-state index is 12.6. The van der Waals surface area contributed by atoms with Gasteiger partial charge in [-0.3, -0.25) is 9.59 Å². The van der Waals surface area contributed by atoms with Crippen molar-refractivity contribution >= 4 is 29.0 Å². The molecule has 0 bridgehead atoms. The van der Waals surface area contributed by atoms with Crippen LogP contribution >= 0.6 is 11.6 Å². The van der Waals surface area contributed by atoms with Gasteiger partial charge in [-0.2, -0.15) is 13.2 Å². The standard InChI is InChI=1S/C14H13ClF3NO2/c15-6-2-1-3-7-19-11-5-4-9(14(16,17)18)8-10(11)12(20)13(19)21/h4-5,8H,1-3,6-7H2. The summed E-state index contributed by atoms with van der Waals surface area (Å²) in [6, 6.07) is 2.81. The van der Waals surface area contributed by atoms with Gasteiger partial charge in [0.25, 0.3) is 11.7 Å². The molecule has 0 spiro atoms. The number of amides is 1. The zero-order chi connectivity index (χ0) is 15.6. The Morgan fingerprint density at radius 3 is 2.43 bits per heavy atom. The smallest absolute Gasteiger partial charge is 0.305 e. The first-order chi connectivity index (χ1) is 9.86. The maximum absolute atomic E-state index is 12.6. The number of halogens is 4. The molecule has 0 unspecified atom stereocenters. The van der Waals surface area contributed by atoms with E-state index in [1.807, 2.05) is 0 Å². The Morgan fingerprint density at radius 2 is 1.81 bits per heavy atom. The van der Waals surface area contributed by atoms with E-state index >= 15 is 0 Å². The monoisotopic (exact) mass is 319 g/mol. The van der Waals surface area contributed by atoms with E-state index in [0.29, 0.717) is 18.8 Å². The van der Waals surface area contributed by atoms with E-state index < -0.39 is 23.4 Å². The number of hydrogen-bond donors (Lipinski definition) is 0. The minimum absolute atomic E-state index is 0.174. The van der Waals surface area contributed by atoms with Crippen LogP contribution in [0.1, 0.15) is 35.2 Å². The van der Waals surface area contributed by atoms with Crippen LogP contribution in [0.25, 0.3) is 0 Å². The van der Waals surface area contributed by atoms with Gasteiger partial charge in [-0.15, -0.1) is 11.6 Å². The molecular formula is C14H13ClF3NO2. The van der Waals surface area contributed by atoms with Crippen LogP contribution in [0.3, 0.4) is 0 Å². The van der Waals surface area contributed by atoms with Crippen molar-refractivity contribution in [2.24, 2.45) is 0 Å². The number of unbranched alkanes of at least 4 members (excludes halogenated alkanes) is 2. The molecule has 21 heavy (non-hydrogen) atoms. The highest BCUT2D eigenvalue weighted by molar-refractivity contribution is 6.52. The molecule has 3 nitrogen and oxygen atoms in total. The van der Waals surface area contributed by atoms with Crippen LogP contribution in [0.2, 0.25) is 0 Å². The zero-order valence-electron chi connectivity index (χ0n) is 11.0. The number of rotatable bonds is 5. The molecule has 0 fully saturated rings. The molecule has 1 heterocycles. The van der Waals surface area contributed by atoms with Crippen LogP contribution in [-0.4, -0.2) is 24.1 Å². The number of fused-ring (bicyclic) bond motifs is 1. The van der Waals surface area contributed by atoms with Crippen LogP contribution in [0, 0.1) is 0 Å². The Hall–Kier alpha value is -1.56. The maximum Gasteiger partial charge on any atom is 0.416 e. The number of nitrogens with zero attached hydrogens (tertiary/aromatic N) is 1. The van der Waals surface area contributed by atoms with Gasteiger partial charge in [-0.25, -0.2) is 0 Å². The highest BCUT2D eigenvalue weighted by atomic mass is 35.5. The number of ketones is 1. The molecule has 0 N–H and O–H groups in total. The van der Waals surface area contributed by atoms with E-state index in [1.165, 1.54) is 11.0 Å². The summed E-state index contributed by atoms with van der Waals surface area (Å²) >= 11 is 5.55. The SMILES string of the molecule is O=C1C(=O)N(CCCCCCl)c2ccc(C(F)(F)F)cc21. The van der Waals surface area contributed by atoms with Gasteiger partial charge in [0.15, 0.2) is 0 Å². The first-order valence-corrected chi connectivity index (χ1v) is 7.03. The number of carbonyl (C=O) groups excluding carboxylic acids is 2. The van der Waals surface area contributed by atoms with Gasteiger partial charge in [0, 0.05) is 12.4 Å². The number of benzene rings is 1. The molecule has 0 atom stereocenters. The van der Waals surface area contributed by atoms with Crippen molar-refractivity contribution in [3.05, 3.63) is 29.3 Å². The third-order valence-corrected chi connectivity index (χ3v) is 3.58. The number of anilines is 1. The highest BCUT2D eigenvalue weighted by Gasteiger charge is 2.38. The van der Waals surface area contributed by atoms with Gasteiger partial charge in [-0.1, -0.05) is 6.42 Å². The predicted octanol–water partition coefficient (Wildman–Crippen LogP) is 3.64. The number of hydrogen-bond acceptors (Lipinski definition) is 2. The third kappa shape index (κ3) is 3.20. The van der Waals surface area contributed by atoms with E-state index in [4.69, 9.17) is 11.6 Å². The summed E-state index contributed by atoms with van der Waals surface area (Å²) < 4.78 is 37.9. The van der Waals surface area contributed by atoms with Crippen molar-refractivity contribution in [1.82, 2.24) is 0 Å². The molecule has 1 aromatic rings. The van der Waals surface area contributed by atoms with Gasteiger partial charge < -0.3 is 4.90 Å². The highest BCUT2D eigenvalue weighted by Crippen LogP contribution is 2.36. The van der Waals surface area contributed by atoms with E-state index in [9.17, 15) is 22.8 Å². The lowest BCUT2D eigenvalue weighted by Gasteiger charge is -2.16. The van der Waals surface area contributed by atoms with Crippen molar-refractivity contribution in [3.63, 3.8) is 0 Å². The minimum Gasteiger partial charge on any atom is -0.305 e. The molecule has 114 valence electrons. The van der Waals surface area contributed by atoms with E-state index in [0.717, 1.165) is 25.0 Å². The Kier molecular flexibility index (Phi) is 4.56. The first-order valence-electron chi connectivity index (χ1n) is 6.49. The number of carbonyl (C=O) groups is 2. The first kappa shape index (κ1) is 15.8. The average Bonchev–Trinajstić information content (AvgIpc) is 2.67. The van der Waals surface area contributed by atoms with E-state index in [-0.39, 0.29) is 11.3 Å². The summed E-state index contributed by atoms with van der Waals surface area (Å²) in [5.74, 6) is -1.14. The summed E-state index contributed by atoms with van der Waals surface area (Å²) in [7, 11) is 0. The van der Waals surface area contributed by atoms with Crippen LogP contribution in [0.5, 0.6) is 0 Å². The largest absolute Gasteiger partial charge is 0.416 e. The molecular weight excluding hydrogens is 307 g/mol. The molecule has 0 saturated heterocycles. The van der Waals surface area contributed by atoms with Crippen molar-refractivity contribution in [3.8, 4) is 0 Å². The third-order valence-electron chi connectivity index (χ3n) is 3.31. The zero-order valence-corrected chi connectivity index (χ0v) is 11.8. The fraction of sp³-hybridized carbons (Fsp3) is 0.429. The van der Waals surface area contributed by atoms with Crippen molar-refractivity contribution in [2.75, 3.05) is 17.3 Å². The molecule has 2 rings (SSSR count). The Morgan fingerprint density at radius 1 is 1.10 bits per heavy atom. The predicted molar refractivity (Wildman–Crippen MR) is 72.7 cm³/mol. The molecule has 0 saturated carbocycles. The average molecular weight is 320 g/mol. The van der Waals surface area contributed by atoms with Gasteiger partial charge in [-0.05, 0) is 31.0 Å². The van der Waals surface area contributed by atoms with Crippen LogP contribution in [0.4, 0.5) is 18.9 Å². The van der Waals surface area contributed by atoms with Crippen LogP contribution in [-0.2, 0) is 11.0 Å². The second-order valence-corrected chi connectivity index (χ2v) is 5.14.